The lowest BCUT2D eigenvalue weighted by atomic mass is 10.1. The van der Waals surface area contributed by atoms with E-state index in [-0.39, 0.29) is 18.2 Å². The Morgan fingerprint density at radius 2 is 2.18 bits per heavy atom. The highest BCUT2D eigenvalue weighted by Crippen LogP contribution is 2.26. The van der Waals surface area contributed by atoms with Gasteiger partial charge in [0.05, 0.1) is 13.5 Å². The van der Waals surface area contributed by atoms with E-state index in [1.165, 1.54) is 0 Å². The summed E-state index contributed by atoms with van der Waals surface area (Å²) in [4.78, 5) is 22.5. The Labute approximate surface area is 107 Å². The number of amides is 2. The minimum Gasteiger partial charge on any atom is -0.496 e. The molecule has 4 nitrogen and oxygen atoms in total. The van der Waals surface area contributed by atoms with Gasteiger partial charge in [-0.25, -0.2) is 0 Å². The summed E-state index contributed by atoms with van der Waals surface area (Å²) in [5, 5.41) is 2.24. The van der Waals surface area contributed by atoms with Crippen molar-refractivity contribution in [2.45, 2.75) is 6.42 Å². The van der Waals surface area contributed by atoms with Gasteiger partial charge in [-0.3, -0.25) is 14.9 Å². The van der Waals surface area contributed by atoms with Crippen LogP contribution in [0.1, 0.15) is 12.0 Å². The summed E-state index contributed by atoms with van der Waals surface area (Å²) < 4.78 is 6.10. The van der Waals surface area contributed by atoms with E-state index in [4.69, 9.17) is 4.74 Å². The molecule has 1 heterocycles. The summed E-state index contributed by atoms with van der Waals surface area (Å²) in [7, 11) is 1.56. The molecule has 0 unspecified atom stereocenters. The maximum absolute atomic E-state index is 11.4. The molecule has 2 rings (SSSR count). The number of imide groups is 1. The first kappa shape index (κ1) is 11.9. The lowest BCUT2D eigenvalue weighted by molar-refractivity contribution is -0.124. The molecule has 2 amide bonds. The predicted octanol–water partition coefficient (Wildman–Crippen LogP) is 1.89. The van der Waals surface area contributed by atoms with Crippen LogP contribution < -0.4 is 10.1 Å². The Morgan fingerprint density at radius 3 is 2.76 bits per heavy atom. The van der Waals surface area contributed by atoms with Gasteiger partial charge in [0.15, 0.2) is 0 Å². The Morgan fingerprint density at radius 1 is 1.41 bits per heavy atom. The molecule has 0 spiro atoms. The normalized spacial score (nSPS) is 17.4. The third-order valence-electron chi connectivity index (χ3n) is 2.42. The average molecular weight is 296 g/mol. The van der Waals surface area contributed by atoms with Crippen LogP contribution >= 0.6 is 15.9 Å². The van der Waals surface area contributed by atoms with Crippen LogP contribution in [0.5, 0.6) is 5.75 Å². The maximum atomic E-state index is 11.4. The van der Waals surface area contributed by atoms with Gasteiger partial charge in [0.2, 0.25) is 5.91 Å². The second kappa shape index (κ2) is 4.71. The summed E-state index contributed by atoms with van der Waals surface area (Å²) in [6.07, 6.45) is 1.80. The first-order chi connectivity index (χ1) is 8.10. The van der Waals surface area contributed by atoms with Gasteiger partial charge in [-0.05, 0) is 18.2 Å². The molecule has 1 fully saturated rings. The van der Waals surface area contributed by atoms with Crippen LogP contribution in [0.25, 0.3) is 6.08 Å². The number of ether oxygens (including phenoxy) is 1. The molecule has 0 radical (unpaired) electrons. The minimum atomic E-state index is -0.333. The molecular formula is C12H10BrNO3. The van der Waals surface area contributed by atoms with Crippen molar-refractivity contribution < 1.29 is 14.3 Å². The van der Waals surface area contributed by atoms with Crippen molar-refractivity contribution in [3.05, 3.63) is 33.8 Å². The Bertz CT molecular complexity index is 522. The molecule has 1 aromatic rings. The molecule has 17 heavy (non-hydrogen) atoms. The monoisotopic (exact) mass is 295 g/mol. The zero-order chi connectivity index (χ0) is 12.4. The lowest BCUT2D eigenvalue weighted by Crippen LogP contribution is -2.19. The van der Waals surface area contributed by atoms with Crippen molar-refractivity contribution in [1.29, 1.82) is 0 Å². The van der Waals surface area contributed by atoms with Gasteiger partial charge in [0, 0.05) is 15.6 Å². The van der Waals surface area contributed by atoms with E-state index in [2.05, 4.69) is 21.2 Å². The highest BCUT2D eigenvalue weighted by molar-refractivity contribution is 9.10. The third kappa shape index (κ3) is 2.55. The van der Waals surface area contributed by atoms with Gasteiger partial charge >= 0.3 is 0 Å². The van der Waals surface area contributed by atoms with Crippen LogP contribution in [-0.2, 0) is 9.59 Å². The average Bonchev–Trinajstić information content (AvgIpc) is 2.60. The van der Waals surface area contributed by atoms with E-state index in [1.807, 2.05) is 12.1 Å². The number of benzene rings is 1. The molecule has 1 N–H and O–H groups in total. The van der Waals surface area contributed by atoms with Crippen LogP contribution in [0.4, 0.5) is 0 Å². The van der Waals surface area contributed by atoms with E-state index < -0.39 is 0 Å². The number of carbonyl (C=O) groups is 2. The van der Waals surface area contributed by atoms with Crippen molar-refractivity contribution in [1.82, 2.24) is 5.32 Å². The number of hydrogen-bond donors (Lipinski definition) is 1. The van der Waals surface area contributed by atoms with Gasteiger partial charge in [-0.15, -0.1) is 0 Å². The quantitative estimate of drug-likeness (QED) is 0.670. The second-order valence-corrected chi connectivity index (χ2v) is 4.53. The molecule has 1 aliphatic rings. The van der Waals surface area contributed by atoms with Crippen LogP contribution in [0.15, 0.2) is 28.2 Å². The number of rotatable bonds is 2. The van der Waals surface area contributed by atoms with E-state index in [9.17, 15) is 9.59 Å². The Balaban J connectivity index is 2.38. The number of carbonyl (C=O) groups excluding carboxylic acids is 2. The van der Waals surface area contributed by atoms with E-state index in [0.717, 1.165) is 10.0 Å². The standard InChI is InChI=1S/C12H10BrNO3/c1-17-10-6-9(13)3-2-7(10)4-8-5-11(15)14-12(8)16/h2-4,6H,5H2,1H3,(H,14,15,16)/b8-4+. The first-order valence-electron chi connectivity index (χ1n) is 4.98. The molecule has 0 atom stereocenters. The predicted molar refractivity (Wildman–Crippen MR) is 66.4 cm³/mol. The third-order valence-corrected chi connectivity index (χ3v) is 2.91. The Kier molecular flexibility index (Phi) is 3.28. The molecule has 0 aliphatic carbocycles. The first-order valence-corrected chi connectivity index (χ1v) is 5.78. The zero-order valence-corrected chi connectivity index (χ0v) is 10.7. The maximum Gasteiger partial charge on any atom is 0.254 e. The molecule has 1 aromatic carbocycles. The fourth-order valence-electron chi connectivity index (χ4n) is 1.61. The number of nitrogens with one attached hydrogen (secondary N) is 1. The van der Waals surface area contributed by atoms with Crippen LogP contribution in [0, 0.1) is 0 Å². The fourth-order valence-corrected chi connectivity index (χ4v) is 1.95. The van der Waals surface area contributed by atoms with Crippen LogP contribution in [-0.4, -0.2) is 18.9 Å². The van der Waals surface area contributed by atoms with Crippen molar-refractivity contribution in [2.24, 2.45) is 0 Å². The molecule has 1 saturated heterocycles. The van der Waals surface area contributed by atoms with Gasteiger partial charge in [-0.1, -0.05) is 22.0 Å². The highest BCUT2D eigenvalue weighted by Gasteiger charge is 2.23. The SMILES string of the molecule is COc1cc(Br)ccc1/C=C1\CC(=O)NC1=O. The summed E-state index contributed by atoms with van der Waals surface area (Å²) in [6, 6.07) is 5.48. The minimum absolute atomic E-state index is 0.123. The molecule has 0 aromatic heterocycles. The summed E-state index contributed by atoms with van der Waals surface area (Å²) in [6.45, 7) is 0. The van der Waals surface area contributed by atoms with Crippen LogP contribution in [0.2, 0.25) is 0 Å². The topological polar surface area (TPSA) is 55.4 Å². The van der Waals surface area contributed by atoms with Gasteiger partial charge in [-0.2, -0.15) is 0 Å². The van der Waals surface area contributed by atoms with Crippen molar-refractivity contribution in [3.63, 3.8) is 0 Å². The summed E-state index contributed by atoms with van der Waals surface area (Å²) in [5.74, 6) is 0.0522. The largest absolute Gasteiger partial charge is 0.496 e. The smallest absolute Gasteiger partial charge is 0.254 e. The van der Waals surface area contributed by atoms with E-state index in [0.29, 0.717) is 11.3 Å². The summed E-state index contributed by atoms with van der Waals surface area (Å²) in [5.41, 5.74) is 1.23. The van der Waals surface area contributed by atoms with E-state index >= 15 is 0 Å². The Hall–Kier alpha value is -1.62. The zero-order valence-electron chi connectivity index (χ0n) is 9.12. The number of methoxy groups -OCH3 is 1. The van der Waals surface area contributed by atoms with Crippen LogP contribution in [0.3, 0.4) is 0 Å². The van der Waals surface area contributed by atoms with Crippen molar-refractivity contribution >= 4 is 33.8 Å². The van der Waals surface area contributed by atoms with Gasteiger partial charge < -0.3 is 4.74 Å². The van der Waals surface area contributed by atoms with Crippen molar-refractivity contribution in [3.8, 4) is 5.75 Å². The van der Waals surface area contributed by atoms with Gasteiger partial charge in [0.25, 0.3) is 5.91 Å². The lowest BCUT2D eigenvalue weighted by Gasteiger charge is -2.05. The van der Waals surface area contributed by atoms with Crippen molar-refractivity contribution in [2.75, 3.05) is 7.11 Å². The fraction of sp³-hybridized carbons (Fsp3) is 0.167. The summed E-state index contributed by atoms with van der Waals surface area (Å²) >= 11 is 3.34. The molecule has 0 bridgehead atoms. The van der Waals surface area contributed by atoms with Gasteiger partial charge in [0.1, 0.15) is 5.75 Å². The van der Waals surface area contributed by atoms with E-state index in [1.54, 1.807) is 19.3 Å². The molecule has 1 aliphatic heterocycles. The highest BCUT2D eigenvalue weighted by atomic mass is 79.9. The number of hydrogen-bond acceptors (Lipinski definition) is 3. The molecule has 5 heteroatoms. The molecule has 0 saturated carbocycles. The molecular weight excluding hydrogens is 286 g/mol. The molecule has 88 valence electrons. The number of halogens is 1. The second-order valence-electron chi connectivity index (χ2n) is 3.61.